The summed E-state index contributed by atoms with van der Waals surface area (Å²) in [6, 6.07) is 9.30. The third-order valence-electron chi connectivity index (χ3n) is 2.52. The van der Waals surface area contributed by atoms with E-state index in [4.69, 9.17) is 0 Å². The van der Waals surface area contributed by atoms with Crippen molar-refractivity contribution in [3.8, 4) is 0 Å². The minimum Gasteiger partial charge on any atom is -0.329 e. The van der Waals surface area contributed by atoms with Crippen molar-refractivity contribution in [2.24, 2.45) is 0 Å². The molecule has 1 aliphatic rings. The largest absolute Gasteiger partial charge is 0.329 e. The number of amides is 1. The molecule has 0 aromatic heterocycles. The van der Waals surface area contributed by atoms with Crippen LogP contribution in [0.3, 0.4) is 0 Å². The zero-order valence-electron chi connectivity index (χ0n) is 10.3. The average molecular weight is 263 g/mol. The molecule has 1 aromatic rings. The Morgan fingerprint density at radius 1 is 1.33 bits per heavy atom. The maximum Gasteiger partial charge on any atom is 0.244 e. The summed E-state index contributed by atoms with van der Waals surface area (Å²) in [6.45, 7) is 5.81. The number of nitrogens with one attached hydrogen (secondary N) is 3. The van der Waals surface area contributed by atoms with Crippen LogP contribution in [-0.4, -0.2) is 17.2 Å². The van der Waals surface area contributed by atoms with Gasteiger partial charge in [0, 0.05) is 5.75 Å². The molecule has 18 heavy (non-hydrogen) atoms. The van der Waals surface area contributed by atoms with Gasteiger partial charge < -0.3 is 5.32 Å². The Bertz CT molecular complexity index is 435. The van der Waals surface area contributed by atoms with Gasteiger partial charge >= 0.3 is 0 Å². The summed E-state index contributed by atoms with van der Waals surface area (Å²) in [6.07, 6.45) is 0. The molecule has 3 N–H and O–H groups in total. The Morgan fingerprint density at radius 2 is 2.06 bits per heavy atom. The number of carbonyl (C=O) groups is 1. The van der Waals surface area contributed by atoms with Crippen molar-refractivity contribution in [2.75, 3.05) is 5.75 Å². The van der Waals surface area contributed by atoms with Crippen molar-refractivity contribution in [3.05, 3.63) is 48.0 Å². The summed E-state index contributed by atoms with van der Waals surface area (Å²) >= 11 is 1.60. The summed E-state index contributed by atoms with van der Waals surface area (Å²) in [5, 5.41) is 2.93. The Balaban J connectivity index is 1.93. The first kappa shape index (κ1) is 13.1. The molecular formula is C13H17N3OS. The minimum absolute atomic E-state index is 0.0147. The third kappa shape index (κ3) is 3.35. The van der Waals surface area contributed by atoms with E-state index in [2.05, 4.69) is 22.7 Å². The number of hydrazine groups is 1. The molecule has 96 valence electrons. The smallest absolute Gasteiger partial charge is 0.244 e. The molecule has 0 saturated carbocycles. The number of benzene rings is 1. The van der Waals surface area contributed by atoms with Crippen LogP contribution in [0.5, 0.6) is 0 Å². The predicted octanol–water partition coefficient (Wildman–Crippen LogP) is 1.54. The van der Waals surface area contributed by atoms with Crippen LogP contribution >= 0.6 is 11.8 Å². The molecule has 4 nitrogen and oxygen atoms in total. The molecule has 1 amide bonds. The maximum atomic E-state index is 12.0. The second kappa shape index (κ2) is 6.04. The molecule has 1 saturated heterocycles. The SMILES string of the molecule is C=C(C)CSC1NNC(c2ccccc2)C(=O)N1. The van der Waals surface area contributed by atoms with E-state index in [0.717, 1.165) is 16.9 Å². The van der Waals surface area contributed by atoms with Gasteiger partial charge in [-0.3, -0.25) is 4.79 Å². The Labute approximate surface area is 111 Å². The number of rotatable bonds is 4. The van der Waals surface area contributed by atoms with Crippen molar-refractivity contribution in [1.82, 2.24) is 16.2 Å². The lowest BCUT2D eigenvalue weighted by Crippen LogP contribution is -2.60. The first-order valence-electron chi connectivity index (χ1n) is 5.79. The second-order valence-electron chi connectivity index (χ2n) is 4.29. The van der Waals surface area contributed by atoms with Gasteiger partial charge in [0.05, 0.1) is 0 Å². The Kier molecular flexibility index (Phi) is 4.41. The molecule has 1 aliphatic heterocycles. The first-order valence-corrected chi connectivity index (χ1v) is 6.84. The summed E-state index contributed by atoms with van der Waals surface area (Å²) in [4.78, 5) is 12.0. The van der Waals surface area contributed by atoms with Crippen LogP contribution in [-0.2, 0) is 4.79 Å². The van der Waals surface area contributed by atoms with E-state index in [0.29, 0.717) is 0 Å². The van der Waals surface area contributed by atoms with Crippen LogP contribution < -0.4 is 16.2 Å². The predicted molar refractivity (Wildman–Crippen MR) is 74.7 cm³/mol. The fourth-order valence-electron chi connectivity index (χ4n) is 1.66. The van der Waals surface area contributed by atoms with Gasteiger partial charge in [0.15, 0.2) is 0 Å². The Morgan fingerprint density at radius 3 is 2.67 bits per heavy atom. The van der Waals surface area contributed by atoms with Gasteiger partial charge in [-0.05, 0) is 12.5 Å². The highest BCUT2D eigenvalue weighted by Crippen LogP contribution is 2.18. The van der Waals surface area contributed by atoms with E-state index in [1.54, 1.807) is 11.8 Å². The summed E-state index contributed by atoms with van der Waals surface area (Å²) < 4.78 is 0. The van der Waals surface area contributed by atoms with Crippen LogP contribution in [0.15, 0.2) is 42.5 Å². The van der Waals surface area contributed by atoms with E-state index in [1.807, 2.05) is 37.3 Å². The first-order chi connectivity index (χ1) is 8.66. The molecule has 2 atom stereocenters. The molecule has 1 heterocycles. The van der Waals surface area contributed by atoms with Crippen LogP contribution in [0.25, 0.3) is 0 Å². The van der Waals surface area contributed by atoms with Gasteiger partial charge in [-0.15, -0.1) is 11.8 Å². The van der Waals surface area contributed by atoms with Crippen molar-refractivity contribution in [3.63, 3.8) is 0 Å². The lowest BCUT2D eigenvalue weighted by molar-refractivity contribution is -0.125. The van der Waals surface area contributed by atoms with Crippen molar-refractivity contribution < 1.29 is 4.79 Å². The maximum absolute atomic E-state index is 12.0. The van der Waals surface area contributed by atoms with Gasteiger partial charge in [-0.2, -0.15) is 0 Å². The van der Waals surface area contributed by atoms with E-state index in [-0.39, 0.29) is 17.4 Å². The zero-order chi connectivity index (χ0) is 13.0. The van der Waals surface area contributed by atoms with Crippen molar-refractivity contribution >= 4 is 17.7 Å². The van der Waals surface area contributed by atoms with Crippen molar-refractivity contribution in [1.29, 1.82) is 0 Å². The van der Waals surface area contributed by atoms with E-state index in [1.165, 1.54) is 0 Å². The van der Waals surface area contributed by atoms with Gasteiger partial charge in [-0.25, -0.2) is 10.9 Å². The summed E-state index contributed by atoms with van der Waals surface area (Å²) in [5.41, 5.74) is 8.06. The van der Waals surface area contributed by atoms with Gasteiger partial charge in [-0.1, -0.05) is 42.5 Å². The molecule has 0 spiro atoms. The quantitative estimate of drug-likeness (QED) is 0.721. The number of carbonyl (C=O) groups excluding carboxylic acids is 1. The minimum atomic E-state index is -0.340. The van der Waals surface area contributed by atoms with Crippen LogP contribution in [0, 0.1) is 0 Å². The third-order valence-corrected chi connectivity index (χ3v) is 3.75. The lowest BCUT2D eigenvalue weighted by atomic mass is 10.1. The van der Waals surface area contributed by atoms with Gasteiger partial charge in [0.25, 0.3) is 0 Å². The fourth-order valence-corrected chi connectivity index (χ4v) is 2.46. The molecular weight excluding hydrogens is 246 g/mol. The van der Waals surface area contributed by atoms with Crippen LogP contribution in [0.4, 0.5) is 0 Å². The number of hydrogen-bond acceptors (Lipinski definition) is 4. The molecule has 2 rings (SSSR count). The molecule has 0 aliphatic carbocycles. The van der Waals surface area contributed by atoms with Crippen LogP contribution in [0.1, 0.15) is 18.5 Å². The van der Waals surface area contributed by atoms with Crippen molar-refractivity contribution in [2.45, 2.75) is 18.5 Å². The zero-order valence-corrected chi connectivity index (χ0v) is 11.1. The highest BCUT2D eigenvalue weighted by Gasteiger charge is 2.28. The number of hydrogen-bond donors (Lipinski definition) is 3. The van der Waals surface area contributed by atoms with Crippen LogP contribution in [0.2, 0.25) is 0 Å². The molecule has 1 aromatic carbocycles. The molecule has 0 radical (unpaired) electrons. The second-order valence-corrected chi connectivity index (χ2v) is 5.38. The van der Waals surface area contributed by atoms with E-state index >= 15 is 0 Å². The normalized spacial score (nSPS) is 23.5. The van der Waals surface area contributed by atoms with E-state index in [9.17, 15) is 4.79 Å². The summed E-state index contributed by atoms with van der Waals surface area (Å²) in [7, 11) is 0. The van der Waals surface area contributed by atoms with E-state index < -0.39 is 0 Å². The molecule has 0 bridgehead atoms. The molecule has 1 fully saturated rings. The number of thioether (sulfide) groups is 1. The highest BCUT2D eigenvalue weighted by atomic mass is 32.2. The monoisotopic (exact) mass is 263 g/mol. The highest BCUT2D eigenvalue weighted by molar-refractivity contribution is 8.00. The lowest BCUT2D eigenvalue weighted by Gasteiger charge is -2.31. The van der Waals surface area contributed by atoms with Gasteiger partial charge in [0.1, 0.15) is 11.5 Å². The fraction of sp³-hybridized carbons (Fsp3) is 0.308. The molecule has 5 heteroatoms. The average Bonchev–Trinajstić information content (AvgIpc) is 2.37. The van der Waals surface area contributed by atoms with Gasteiger partial charge in [0.2, 0.25) is 5.91 Å². The standard InChI is InChI=1S/C13H17N3OS/c1-9(2)8-18-13-14-12(17)11(15-16-13)10-6-4-3-5-7-10/h3-7,11,13,15-16H,1,8H2,2H3,(H,14,17). The summed E-state index contributed by atoms with van der Waals surface area (Å²) in [5.74, 6) is 0.800. The topological polar surface area (TPSA) is 53.2 Å². The molecule has 2 unspecified atom stereocenters. The Hall–Kier alpha value is -1.30.